The number of rotatable bonds is 5. The number of carbonyl (C=O) groups is 2. The molecule has 0 aliphatic carbocycles. The number of benzene rings is 1. The first-order chi connectivity index (χ1) is 8.79. The van der Waals surface area contributed by atoms with Crippen LogP contribution in [0.4, 0.5) is 4.79 Å². The van der Waals surface area contributed by atoms with Crippen molar-refractivity contribution in [2.75, 3.05) is 12.3 Å². The van der Waals surface area contributed by atoms with Gasteiger partial charge in [0, 0.05) is 6.54 Å². The van der Waals surface area contributed by atoms with Crippen molar-refractivity contribution in [3.8, 4) is 5.75 Å². The zero-order valence-electron chi connectivity index (χ0n) is 9.70. The first-order valence-corrected chi connectivity index (χ1v) is 6.70. The SMILES string of the molecule is NC(=O)c1ccccc1OC(=O)NCCS(=O)(=O)O. The first kappa shape index (κ1) is 14.9. The molecule has 2 amide bonds. The van der Waals surface area contributed by atoms with E-state index in [4.69, 9.17) is 15.0 Å². The van der Waals surface area contributed by atoms with E-state index < -0.39 is 27.9 Å². The van der Waals surface area contributed by atoms with Crippen molar-refractivity contribution in [3.63, 3.8) is 0 Å². The fourth-order valence-corrected chi connectivity index (χ4v) is 1.54. The predicted molar refractivity (Wildman–Crippen MR) is 65.4 cm³/mol. The highest BCUT2D eigenvalue weighted by Crippen LogP contribution is 2.17. The molecule has 0 spiro atoms. The van der Waals surface area contributed by atoms with Gasteiger partial charge in [-0.2, -0.15) is 8.42 Å². The average molecular weight is 288 g/mol. The normalized spacial score (nSPS) is 10.8. The van der Waals surface area contributed by atoms with Gasteiger partial charge < -0.3 is 15.8 Å². The first-order valence-electron chi connectivity index (χ1n) is 5.09. The Bertz CT molecular complexity index is 583. The molecule has 0 bridgehead atoms. The van der Waals surface area contributed by atoms with Crippen molar-refractivity contribution in [2.45, 2.75) is 0 Å². The van der Waals surface area contributed by atoms with Crippen LogP contribution in [0.2, 0.25) is 0 Å². The molecule has 0 aliphatic heterocycles. The van der Waals surface area contributed by atoms with E-state index in [1.165, 1.54) is 18.2 Å². The third-order valence-electron chi connectivity index (χ3n) is 1.98. The highest BCUT2D eigenvalue weighted by molar-refractivity contribution is 7.85. The molecule has 0 saturated carbocycles. The standard InChI is InChI=1S/C10H12N2O6S/c11-9(13)7-3-1-2-4-8(7)18-10(14)12-5-6-19(15,16)17/h1-4H,5-6H2,(H2,11,13)(H,12,14)(H,15,16,17). The summed E-state index contributed by atoms with van der Waals surface area (Å²) in [7, 11) is -4.16. The number of amides is 2. The van der Waals surface area contributed by atoms with Crippen LogP contribution >= 0.6 is 0 Å². The number of primary amides is 1. The van der Waals surface area contributed by atoms with Gasteiger partial charge in [-0.3, -0.25) is 9.35 Å². The molecule has 0 aliphatic rings. The van der Waals surface area contributed by atoms with Gasteiger partial charge >= 0.3 is 6.09 Å². The van der Waals surface area contributed by atoms with Gasteiger partial charge in [0.15, 0.2) is 0 Å². The summed E-state index contributed by atoms with van der Waals surface area (Å²) >= 11 is 0. The van der Waals surface area contributed by atoms with Crippen molar-refractivity contribution < 1.29 is 27.3 Å². The molecule has 9 heteroatoms. The zero-order chi connectivity index (χ0) is 14.5. The minimum absolute atomic E-state index is 0.0208. The van der Waals surface area contributed by atoms with E-state index in [1.54, 1.807) is 6.07 Å². The van der Waals surface area contributed by atoms with Crippen molar-refractivity contribution in [2.24, 2.45) is 5.73 Å². The molecule has 8 nitrogen and oxygen atoms in total. The number of nitrogens with one attached hydrogen (secondary N) is 1. The lowest BCUT2D eigenvalue weighted by atomic mass is 10.2. The van der Waals surface area contributed by atoms with Crippen LogP contribution in [0.1, 0.15) is 10.4 Å². The molecule has 0 fully saturated rings. The highest BCUT2D eigenvalue weighted by atomic mass is 32.2. The summed E-state index contributed by atoms with van der Waals surface area (Å²) in [6.07, 6.45) is -0.961. The van der Waals surface area contributed by atoms with Gasteiger partial charge in [0.2, 0.25) is 0 Å². The lowest BCUT2D eigenvalue weighted by molar-refractivity contribution is 0.0998. The molecule has 104 valence electrons. The van der Waals surface area contributed by atoms with E-state index in [2.05, 4.69) is 5.32 Å². The summed E-state index contributed by atoms with van der Waals surface area (Å²) in [5.74, 6) is -1.44. The van der Waals surface area contributed by atoms with E-state index in [0.29, 0.717) is 0 Å². The molecule has 0 unspecified atom stereocenters. The fourth-order valence-electron chi connectivity index (χ4n) is 1.18. The minimum Gasteiger partial charge on any atom is -0.409 e. The summed E-state index contributed by atoms with van der Waals surface area (Å²) < 4.78 is 34.1. The van der Waals surface area contributed by atoms with Crippen molar-refractivity contribution in [1.29, 1.82) is 0 Å². The van der Waals surface area contributed by atoms with Crippen LogP contribution in [0.3, 0.4) is 0 Å². The Balaban J connectivity index is 2.60. The number of hydrogen-bond donors (Lipinski definition) is 3. The van der Waals surface area contributed by atoms with E-state index in [9.17, 15) is 18.0 Å². The predicted octanol–water partition coefficient (Wildman–Crippen LogP) is -0.238. The monoisotopic (exact) mass is 288 g/mol. The number of ether oxygens (including phenoxy) is 1. The summed E-state index contributed by atoms with van der Waals surface area (Å²) in [5.41, 5.74) is 5.11. The third kappa shape index (κ3) is 5.36. The summed E-state index contributed by atoms with van der Waals surface area (Å²) in [5, 5.41) is 2.10. The Morgan fingerprint density at radius 2 is 1.95 bits per heavy atom. The molecule has 1 aromatic carbocycles. The van der Waals surface area contributed by atoms with Crippen LogP contribution in [-0.2, 0) is 10.1 Å². The number of nitrogens with two attached hydrogens (primary N) is 1. The van der Waals surface area contributed by atoms with Gasteiger partial charge in [-0.15, -0.1) is 0 Å². The summed E-state index contributed by atoms with van der Waals surface area (Å²) in [6, 6.07) is 5.82. The molecule has 0 saturated heterocycles. The molecule has 19 heavy (non-hydrogen) atoms. The highest BCUT2D eigenvalue weighted by Gasteiger charge is 2.13. The Labute approximate surface area is 109 Å². The fraction of sp³-hybridized carbons (Fsp3) is 0.200. The van der Waals surface area contributed by atoms with Crippen LogP contribution in [0.25, 0.3) is 0 Å². The quantitative estimate of drug-likeness (QED) is 0.640. The maximum Gasteiger partial charge on any atom is 0.412 e. The second-order valence-electron chi connectivity index (χ2n) is 3.46. The molecule has 4 N–H and O–H groups in total. The lowest BCUT2D eigenvalue weighted by Crippen LogP contribution is -2.31. The van der Waals surface area contributed by atoms with Gasteiger partial charge in [0.25, 0.3) is 16.0 Å². The van der Waals surface area contributed by atoms with Crippen molar-refractivity contribution in [3.05, 3.63) is 29.8 Å². The van der Waals surface area contributed by atoms with E-state index in [-0.39, 0.29) is 17.9 Å². The van der Waals surface area contributed by atoms with Crippen molar-refractivity contribution >= 4 is 22.1 Å². The molecule has 0 radical (unpaired) electrons. The van der Waals surface area contributed by atoms with Crippen LogP contribution in [0, 0.1) is 0 Å². The second kappa shape index (κ2) is 6.16. The maximum atomic E-state index is 11.3. The largest absolute Gasteiger partial charge is 0.412 e. The Hall–Kier alpha value is -2.13. The zero-order valence-corrected chi connectivity index (χ0v) is 10.5. The lowest BCUT2D eigenvalue weighted by Gasteiger charge is -2.08. The Morgan fingerprint density at radius 3 is 2.53 bits per heavy atom. The van der Waals surface area contributed by atoms with E-state index >= 15 is 0 Å². The Morgan fingerprint density at radius 1 is 1.32 bits per heavy atom. The summed E-state index contributed by atoms with van der Waals surface area (Å²) in [4.78, 5) is 22.4. The number of carbonyl (C=O) groups excluding carboxylic acids is 2. The average Bonchev–Trinajstić information content (AvgIpc) is 2.27. The molecule has 0 atom stereocenters. The topological polar surface area (TPSA) is 136 Å². The third-order valence-corrected chi connectivity index (χ3v) is 2.70. The van der Waals surface area contributed by atoms with Gasteiger partial charge in [-0.05, 0) is 12.1 Å². The smallest absolute Gasteiger partial charge is 0.409 e. The molecule has 1 aromatic rings. The van der Waals surface area contributed by atoms with Crippen LogP contribution in [-0.4, -0.2) is 37.3 Å². The van der Waals surface area contributed by atoms with Gasteiger partial charge in [0.05, 0.1) is 11.3 Å². The number of para-hydroxylation sites is 1. The van der Waals surface area contributed by atoms with E-state index in [1.807, 2.05) is 0 Å². The van der Waals surface area contributed by atoms with Gasteiger partial charge in [-0.1, -0.05) is 12.1 Å². The second-order valence-corrected chi connectivity index (χ2v) is 5.03. The minimum atomic E-state index is -4.16. The van der Waals surface area contributed by atoms with Crippen LogP contribution in [0.5, 0.6) is 5.75 Å². The number of hydrogen-bond acceptors (Lipinski definition) is 5. The molecular formula is C10H12N2O6S. The van der Waals surface area contributed by atoms with Gasteiger partial charge in [-0.25, -0.2) is 4.79 Å². The van der Waals surface area contributed by atoms with Gasteiger partial charge in [0.1, 0.15) is 5.75 Å². The molecule has 0 heterocycles. The molecular weight excluding hydrogens is 276 g/mol. The van der Waals surface area contributed by atoms with Crippen LogP contribution in [0.15, 0.2) is 24.3 Å². The van der Waals surface area contributed by atoms with Crippen LogP contribution < -0.4 is 15.8 Å². The Kier molecular flexibility index (Phi) is 4.84. The van der Waals surface area contributed by atoms with Crippen molar-refractivity contribution in [1.82, 2.24) is 5.32 Å². The maximum absolute atomic E-state index is 11.3. The summed E-state index contributed by atoms with van der Waals surface area (Å²) in [6.45, 7) is -0.323. The molecule has 1 rings (SSSR count). The van der Waals surface area contributed by atoms with E-state index in [0.717, 1.165) is 0 Å². The molecule has 0 aromatic heterocycles.